The fourth-order valence-corrected chi connectivity index (χ4v) is 4.92. The van der Waals surface area contributed by atoms with E-state index in [4.69, 9.17) is 34.8 Å². The van der Waals surface area contributed by atoms with Crippen molar-refractivity contribution in [1.29, 1.82) is 0 Å². The zero-order valence-electron chi connectivity index (χ0n) is 20.5. The minimum Gasteiger partial charge on any atom is -0.403 e. The molecule has 4 rings (SSSR count). The first-order valence-electron chi connectivity index (χ1n) is 11.2. The molecular formula is C26H22Cl2F3N5O2S. The van der Waals surface area contributed by atoms with E-state index in [2.05, 4.69) is 4.98 Å². The van der Waals surface area contributed by atoms with Gasteiger partial charge in [0.15, 0.2) is 15.5 Å². The predicted octanol–water partition coefficient (Wildman–Crippen LogP) is 6.21. The lowest BCUT2D eigenvalue weighted by Crippen LogP contribution is -2.31. The molecule has 0 saturated heterocycles. The monoisotopic (exact) mass is 595 g/mol. The highest BCUT2D eigenvalue weighted by molar-refractivity contribution is 7.90. The van der Waals surface area contributed by atoms with Gasteiger partial charge in [0.05, 0.1) is 32.0 Å². The zero-order valence-corrected chi connectivity index (χ0v) is 22.9. The lowest BCUT2D eigenvalue weighted by molar-refractivity contribution is -0.141. The maximum Gasteiger partial charge on any atom is 0.434 e. The second kappa shape index (κ2) is 10.6. The average Bonchev–Trinajstić information content (AvgIpc) is 3.27. The van der Waals surface area contributed by atoms with Crippen LogP contribution in [0.4, 0.5) is 18.9 Å². The average molecular weight is 596 g/mol. The highest BCUT2D eigenvalue weighted by Gasteiger charge is 2.35. The number of sulfone groups is 1. The number of halogens is 5. The minimum atomic E-state index is -4.66. The van der Waals surface area contributed by atoms with Crippen LogP contribution >= 0.6 is 23.2 Å². The van der Waals surface area contributed by atoms with E-state index in [1.54, 1.807) is 48.5 Å². The SMILES string of the molecule is Cc1nc(C(F)(F)F)cn1-c1ccc(-c2cccc(S(C)(=O)=O)c2)cc1N(N)/C(=C\N)c1ccc(Cl)c(Cl)c1. The molecule has 0 spiro atoms. The fourth-order valence-electron chi connectivity index (χ4n) is 3.96. The van der Waals surface area contributed by atoms with Gasteiger partial charge in [-0.15, -0.1) is 0 Å². The molecule has 4 aromatic rings. The summed E-state index contributed by atoms with van der Waals surface area (Å²) < 4.78 is 65.8. The first-order chi connectivity index (χ1) is 18.2. The van der Waals surface area contributed by atoms with E-state index < -0.39 is 21.7 Å². The second-order valence-electron chi connectivity index (χ2n) is 8.60. The maximum atomic E-state index is 13.4. The third-order valence-electron chi connectivity index (χ3n) is 5.90. The topological polar surface area (TPSA) is 107 Å². The number of alkyl halides is 3. The number of imidazole rings is 1. The Bertz CT molecular complexity index is 1700. The molecule has 0 saturated carbocycles. The Morgan fingerprint density at radius 2 is 1.72 bits per heavy atom. The maximum absolute atomic E-state index is 13.4. The normalized spacial score (nSPS) is 12.6. The van der Waals surface area contributed by atoms with Gasteiger partial charge in [-0.2, -0.15) is 13.2 Å². The summed E-state index contributed by atoms with van der Waals surface area (Å²) in [7, 11) is -3.49. The Morgan fingerprint density at radius 3 is 2.31 bits per heavy atom. The summed E-state index contributed by atoms with van der Waals surface area (Å²) >= 11 is 12.2. The summed E-state index contributed by atoms with van der Waals surface area (Å²) in [6.45, 7) is 1.43. The summed E-state index contributed by atoms with van der Waals surface area (Å²) in [5, 5.41) is 1.75. The molecule has 3 aromatic carbocycles. The Hall–Kier alpha value is -3.51. The number of nitrogens with zero attached hydrogens (tertiary/aromatic N) is 3. The molecule has 204 valence electrons. The minimum absolute atomic E-state index is 0.0663. The Labute approximate surface area is 233 Å². The molecule has 0 aliphatic carbocycles. The summed E-state index contributed by atoms with van der Waals surface area (Å²) in [6, 6.07) is 15.8. The van der Waals surface area contributed by atoms with Gasteiger partial charge >= 0.3 is 6.18 Å². The smallest absolute Gasteiger partial charge is 0.403 e. The van der Waals surface area contributed by atoms with Crippen molar-refractivity contribution in [3.05, 3.63) is 100 Å². The van der Waals surface area contributed by atoms with Gasteiger partial charge in [0, 0.05) is 24.2 Å². The highest BCUT2D eigenvalue weighted by atomic mass is 35.5. The van der Waals surface area contributed by atoms with E-state index in [0.29, 0.717) is 21.7 Å². The van der Waals surface area contributed by atoms with Crippen LogP contribution in [0.2, 0.25) is 10.0 Å². The number of aromatic nitrogens is 2. The Kier molecular flexibility index (Phi) is 7.72. The predicted molar refractivity (Wildman–Crippen MR) is 147 cm³/mol. The third kappa shape index (κ3) is 5.91. The van der Waals surface area contributed by atoms with Crippen LogP contribution in [-0.2, 0) is 16.0 Å². The first-order valence-corrected chi connectivity index (χ1v) is 13.9. The van der Waals surface area contributed by atoms with Gasteiger partial charge in [0.2, 0.25) is 0 Å². The van der Waals surface area contributed by atoms with Gasteiger partial charge in [-0.3, -0.25) is 5.01 Å². The van der Waals surface area contributed by atoms with Gasteiger partial charge in [-0.05, 0) is 54.4 Å². The van der Waals surface area contributed by atoms with Crippen molar-refractivity contribution in [3.8, 4) is 16.8 Å². The quantitative estimate of drug-likeness (QED) is 0.202. The van der Waals surface area contributed by atoms with Gasteiger partial charge in [-0.1, -0.05) is 47.5 Å². The van der Waals surface area contributed by atoms with Crippen molar-refractivity contribution in [2.45, 2.75) is 18.0 Å². The van der Waals surface area contributed by atoms with Crippen LogP contribution in [0.1, 0.15) is 17.1 Å². The van der Waals surface area contributed by atoms with Crippen molar-refractivity contribution >= 4 is 44.4 Å². The Balaban J connectivity index is 1.94. The number of rotatable bonds is 6. The van der Waals surface area contributed by atoms with E-state index in [-0.39, 0.29) is 32.8 Å². The van der Waals surface area contributed by atoms with E-state index in [1.165, 1.54) is 34.8 Å². The second-order valence-corrected chi connectivity index (χ2v) is 11.4. The number of aryl methyl sites for hydroxylation is 1. The number of hydrogen-bond donors (Lipinski definition) is 2. The lowest BCUT2D eigenvalue weighted by Gasteiger charge is -2.26. The van der Waals surface area contributed by atoms with E-state index >= 15 is 0 Å². The summed E-state index contributed by atoms with van der Waals surface area (Å²) in [4.78, 5) is 3.77. The molecule has 0 radical (unpaired) electrons. The molecule has 0 aliphatic rings. The van der Waals surface area contributed by atoms with Crippen LogP contribution in [0.3, 0.4) is 0 Å². The molecular weight excluding hydrogens is 574 g/mol. The molecule has 39 heavy (non-hydrogen) atoms. The van der Waals surface area contributed by atoms with E-state index in [9.17, 15) is 21.6 Å². The largest absolute Gasteiger partial charge is 0.434 e. The number of hydrazine groups is 1. The Morgan fingerprint density at radius 1 is 1.03 bits per heavy atom. The summed E-state index contributed by atoms with van der Waals surface area (Å²) in [5.74, 6) is 6.62. The van der Waals surface area contributed by atoms with E-state index in [1.807, 2.05) is 0 Å². The first kappa shape index (κ1) is 28.5. The van der Waals surface area contributed by atoms with Gasteiger partial charge in [-0.25, -0.2) is 19.2 Å². The summed E-state index contributed by atoms with van der Waals surface area (Å²) in [5.41, 5.74) is 7.23. The van der Waals surface area contributed by atoms with Crippen LogP contribution in [-0.4, -0.2) is 24.2 Å². The van der Waals surface area contributed by atoms with Crippen LogP contribution in [0, 0.1) is 6.92 Å². The van der Waals surface area contributed by atoms with Crippen molar-refractivity contribution < 1.29 is 21.6 Å². The van der Waals surface area contributed by atoms with Crippen molar-refractivity contribution in [3.63, 3.8) is 0 Å². The number of hydrogen-bond acceptors (Lipinski definition) is 6. The molecule has 0 amide bonds. The van der Waals surface area contributed by atoms with Crippen LogP contribution in [0.15, 0.2) is 78.0 Å². The fraction of sp³-hybridized carbons (Fsp3) is 0.115. The highest BCUT2D eigenvalue weighted by Crippen LogP contribution is 2.37. The number of benzene rings is 3. The van der Waals surface area contributed by atoms with Crippen LogP contribution < -0.4 is 16.6 Å². The van der Waals surface area contributed by atoms with Crippen molar-refractivity contribution in [1.82, 2.24) is 9.55 Å². The number of anilines is 1. The molecule has 0 fully saturated rings. The summed E-state index contributed by atoms with van der Waals surface area (Å²) in [6.07, 6.45) is -1.47. The van der Waals surface area contributed by atoms with Crippen molar-refractivity contribution in [2.24, 2.45) is 11.6 Å². The molecule has 1 aromatic heterocycles. The molecule has 0 bridgehead atoms. The third-order valence-corrected chi connectivity index (χ3v) is 7.74. The molecule has 7 nitrogen and oxygen atoms in total. The molecule has 4 N–H and O–H groups in total. The van der Waals surface area contributed by atoms with Crippen molar-refractivity contribution in [2.75, 3.05) is 11.3 Å². The zero-order chi connectivity index (χ0) is 28.7. The van der Waals surface area contributed by atoms with Crippen LogP contribution in [0.25, 0.3) is 22.5 Å². The molecule has 1 heterocycles. The lowest BCUT2D eigenvalue weighted by atomic mass is 10.0. The standard InChI is InChI=1S/C26H22Cl2F3N5O2S/c1-15-34-25(26(29,30)31)14-35(15)22-9-7-17(16-4-3-5-19(10-16)39(2,37)38)12-23(22)36(33)24(13-32)18-6-8-20(27)21(28)11-18/h3-14H,32-33H2,1-2H3/b24-13-. The van der Waals surface area contributed by atoms with Gasteiger partial charge < -0.3 is 10.3 Å². The van der Waals surface area contributed by atoms with Gasteiger partial charge in [0.25, 0.3) is 0 Å². The molecule has 0 aliphatic heterocycles. The van der Waals surface area contributed by atoms with Gasteiger partial charge in [0.1, 0.15) is 5.82 Å². The number of nitrogens with two attached hydrogens (primary N) is 2. The van der Waals surface area contributed by atoms with Crippen LogP contribution in [0.5, 0.6) is 0 Å². The molecule has 0 unspecified atom stereocenters. The molecule has 0 atom stereocenters. The molecule has 13 heteroatoms. The van der Waals surface area contributed by atoms with E-state index in [0.717, 1.165) is 12.5 Å².